The standard InChI is InChI=1S/C15H29N5O15P2/c16-13(26)9-14(18-4-17-1-6(21)10(23)7(22)2-33-36(27,28)29)20(5-19-9)15-12(25)11(24)8(35-15)3-34-37(30,31)32/h5-8,10-12,15,17-18,21-25H,1-4H2,(H2,16,26)(H2,27,28,29)(H2,30,31,32). The van der Waals surface area contributed by atoms with Gasteiger partial charge in [0.05, 0.1) is 32.3 Å². The maximum Gasteiger partial charge on any atom is 0.469 e. The van der Waals surface area contributed by atoms with Crippen LogP contribution in [0.25, 0.3) is 0 Å². The number of phosphoric acid groups is 2. The molecule has 22 heteroatoms. The summed E-state index contributed by atoms with van der Waals surface area (Å²) >= 11 is 0. The molecule has 1 saturated heterocycles. The summed E-state index contributed by atoms with van der Waals surface area (Å²) in [6.45, 7) is -2.37. The average molecular weight is 581 g/mol. The SMILES string of the molecule is NC(=O)c1ncn(C2OC(COP(=O)(O)O)C(O)C2O)c1NCNCC(O)C(O)C(O)COP(=O)(O)O. The molecule has 1 amide bonds. The van der Waals surface area contributed by atoms with E-state index in [1.807, 2.05) is 0 Å². The predicted octanol–water partition coefficient (Wildman–Crippen LogP) is -5.14. The maximum absolute atomic E-state index is 11.8. The van der Waals surface area contributed by atoms with E-state index in [0.29, 0.717) is 0 Å². The lowest BCUT2D eigenvalue weighted by Crippen LogP contribution is -2.45. The number of hydrogen-bond donors (Lipinski definition) is 12. The van der Waals surface area contributed by atoms with Crippen molar-refractivity contribution in [2.45, 2.75) is 42.9 Å². The van der Waals surface area contributed by atoms with Crippen molar-refractivity contribution in [2.24, 2.45) is 5.73 Å². The third kappa shape index (κ3) is 9.29. The van der Waals surface area contributed by atoms with Gasteiger partial charge >= 0.3 is 15.6 Å². The van der Waals surface area contributed by atoms with E-state index in [1.54, 1.807) is 0 Å². The third-order valence-corrected chi connectivity index (χ3v) is 5.95. The first-order valence-electron chi connectivity index (χ1n) is 10.3. The Hall–Kier alpha value is -1.58. The molecule has 1 fully saturated rings. The number of rotatable bonds is 15. The molecule has 0 spiro atoms. The molecule has 2 rings (SSSR count). The molecule has 0 radical (unpaired) electrons. The van der Waals surface area contributed by atoms with Gasteiger partial charge in [0, 0.05) is 6.54 Å². The van der Waals surface area contributed by atoms with E-state index in [9.17, 15) is 39.5 Å². The highest BCUT2D eigenvalue weighted by atomic mass is 31.2. The van der Waals surface area contributed by atoms with Crippen molar-refractivity contribution < 1.29 is 72.8 Å². The third-order valence-electron chi connectivity index (χ3n) is 4.98. The highest BCUT2D eigenvalue weighted by Gasteiger charge is 2.45. The molecule has 0 aromatic carbocycles. The van der Waals surface area contributed by atoms with Crippen LogP contribution in [0.4, 0.5) is 5.82 Å². The van der Waals surface area contributed by atoms with Gasteiger partial charge in [-0.1, -0.05) is 0 Å². The lowest BCUT2D eigenvalue weighted by atomic mass is 10.1. The van der Waals surface area contributed by atoms with E-state index >= 15 is 0 Å². The molecule has 214 valence electrons. The van der Waals surface area contributed by atoms with Gasteiger partial charge in [0.15, 0.2) is 11.9 Å². The number of nitrogens with one attached hydrogen (secondary N) is 2. The Morgan fingerprint density at radius 3 is 2.30 bits per heavy atom. The molecular formula is C15H29N5O15P2. The van der Waals surface area contributed by atoms with Crippen LogP contribution in [-0.4, -0.2) is 124 Å². The number of aliphatic hydroxyl groups is 5. The number of phosphoric ester groups is 2. The van der Waals surface area contributed by atoms with E-state index in [1.165, 1.54) is 0 Å². The number of ether oxygens (including phenoxy) is 1. The second-order valence-corrected chi connectivity index (χ2v) is 10.2. The van der Waals surface area contributed by atoms with Crippen LogP contribution in [0.3, 0.4) is 0 Å². The Bertz CT molecular complexity index is 1000. The monoisotopic (exact) mass is 581 g/mol. The fourth-order valence-electron chi connectivity index (χ4n) is 3.19. The quantitative estimate of drug-likeness (QED) is 0.0523. The van der Waals surface area contributed by atoms with Crippen molar-refractivity contribution in [1.29, 1.82) is 0 Å². The topological polar surface area (TPSA) is 329 Å². The van der Waals surface area contributed by atoms with Crippen LogP contribution in [0.5, 0.6) is 0 Å². The second kappa shape index (κ2) is 13.0. The van der Waals surface area contributed by atoms with Crippen LogP contribution in [0.15, 0.2) is 6.33 Å². The van der Waals surface area contributed by atoms with Crippen molar-refractivity contribution in [2.75, 3.05) is 31.7 Å². The minimum Gasteiger partial charge on any atom is -0.389 e. The number of hydrogen-bond acceptors (Lipinski definition) is 14. The summed E-state index contributed by atoms with van der Waals surface area (Å²) in [6, 6.07) is 0. The predicted molar refractivity (Wildman–Crippen MR) is 117 cm³/mol. The highest BCUT2D eigenvalue weighted by Crippen LogP contribution is 2.39. The number of imidazole rings is 1. The van der Waals surface area contributed by atoms with E-state index in [0.717, 1.165) is 10.9 Å². The van der Waals surface area contributed by atoms with Gasteiger partial charge in [-0.15, -0.1) is 0 Å². The van der Waals surface area contributed by atoms with E-state index < -0.39 is 77.6 Å². The number of primary amides is 1. The molecule has 1 aliphatic rings. The maximum atomic E-state index is 11.8. The molecule has 2 heterocycles. The first-order valence-corrected chi connectivity index (χ1v) is 13.3. The van der Waals surface area contributed by atoms with Crippen LogP contribution in [0, 0.1) is 0 Å². The fraction of sp³-hybridized carbons (Fsp3) is 0.733. The zero-order valence-electron chi connectivity index (χ0n) is 18.8. The van der Waals surface area contributed by atoms with E-state index in [-0.39, 0.29) is 24.7 Å². The van der Waals surface area contributed by atoms with E-state index in [2.05, 4.69) is 24.7 Å². The van der Waals surface area contributed by atoms with Crippen molar-refractivity contribution in [3.05, 3.63) is 12.0 Å². The molecule has 20 nitrogen and oxygen atoms in total. The van der Waals surface area contributed by atoms with Crippen molar-refractivity contribution >= 4 is 27.4 Å². The normalized spacial score (nSPS) is 25.1. The Morgan fingerprint density at radius 1 is 1.11 bits per heavy atom. The van der Waals surface area contributed by atoms with Gasteiger partial charge in [0.25, 0.3) is 5.91 Å². The van der Waals surface area contributed by atoms with Gasteiger partial charge in [-0.3, -0.25) is 23.7 Å². The minimum atomic E-state index is -4.90. The van der Waals surface area contributed by atoms with Crippen LogP contribution < -0.4 is 16.4 Å². The van der Waals surface area contributed by atoms with Crippen molar-refractivity contribution in [3.63, 3.8) is 0 Å². The summed E-state index contributed by atoms with van der Waals surface area (Å²) < 4.78 is 36.4. The summed E-state index contributed by atoms with van der Waals surface area (Å²) in [6.07, 6.45) is -10.4. The first-order chi connectivity index (χ1) is 17.0. The molecular weight excluding hydrogens is 552 g/mol. The average Bonchev–Trinajstić information content (AvgIpc) is 3.33. The Balaban J connectivity index is 2.01. The lowest BCUT2D eigenvalue weighted by molar-refractivity contribution is -0.0738. The molecule has 7 atom stereocenters. The minimum absolute atomic E-state index is 0.127. The van der Waals surface area contributed by atoms with Gasteiger partial charge in [-0.25, -0.2) is 14.1 Å². The second-order valence-electron chi connectivity index (χ2n) is 7.77. The molecule has 1 aromatic heterocycles. The lowest BCUT2D eigenvalue weighted by Gasteiger charge is -2.24. The molecule has 7 unspecified atom stereocenters. The zero-order chi connectivity index (χ0) is 28.1. The molecule has 1 aliphatic heterocycles. The van der Waals surface area contributed by atoms with Crippen LogP contribution in [0.2, 0.25) is 0 Å². The Kier molecular flexibility index (Phi) is 11.1. The summed E-state index contributed by atoms with van der Waals surface area (Å²) in [5.74, 6) is -1.13. The van der Waals surface area contributed by atoms with Gasteiger partial charge < -0.3 is 60.9 Å². The number of anilines is 1. The number of amides is 1. The molecule has 0 saturated carbocycles. The van der Waals surface area contributed by atoms with Gasteiger partial charge in [0.2, 0.25) is 0 Å². The number of carbonyl (C=O) groups excluding carboxylic acids is 1. The molecule has 1 aromatic rings. The van der Waals surface area contributed by atoms with Crippen LogP contribution in [-0.2, 0) is 22.9 Å². The van der Waals surface area contributed by atoms with Crippen LogP contribution in [0.1, 0.15) is 16.7 Å². The van der Waals surface area contributed by atoms with Gasteiger partial charge in [-0.05, 0) is 0 Å². The molecule has 0 aliphatic carbocycles. The Labute approximate surface area is 208 Å². The van der Waals surface area contributed by atoms with Crippen LogP contribution >= 0.6 is 15.6 Å². The number of aromatic nitrogens is 2. The molecule has 0 bridgehead atoms. The van der Waals surface area contributed by atoms with E-state index in [4.69, 9.17) is 30.0 Å². The number of aliphatic hydroxyl groups excluding tert-OH is 5. The fourth-order valence-corrected chi connectivity index (χ4v) is 3.88. The van der Waals surface area contributed by atoms with Crippen molar-refractivity contribution in [1.82, 2.24) is 14.9 Å². The van der Waals surface area contributed by atoms with Gasteiger partial charge in [0.1, 0.15) is 36.3 Å². The summed E-state index contributed by atoms with van der Waals surface area (Å²) in [7, 11) is -9.80. The zero-order valence-corrected chi connectivity index (χ0v) is 20.6. The molecule has 13 N–H and O–H groups in total. The summed E-state index contributed by atoms with van der Waals surface area (Å²) in [4.78, 5) is 50.5. The Morgan fingerprint density at radius 2 is 1.73 bits per heavy atom. The van der Waals surface area contributed by atoms with Crippen molar-refractivity contribution in [3.8, 4) is 0 Å². The van der Waals surface area contributed by atoms with Gasteiger partial charge in [-0.2, -0.15) is 0 Å². The summed E-state index contributed by atoms with van der Waals surface area (Å²) in [5.41, 5.74) is 4.97. The summed E-state index contributed by atoms with van der Waals surface area (Å²) in [5, 5.41) is 55.3. The smallest absolute Gasteiger partial charge is 0.389 e. The number of nitrogens with zero attached hydrogens (tertiary/aromatic N) is 2. The number of nitrogens with two attached hydrogens (primary N) is 1. The number of carbonyl (C=O) groups is 1. The first kappa shape index (κ1) is 31.6. The molecule has 37 heavy (non-hydrogen) atoms. The highest BCUT2D eigenvalue weighted by molar-refractivity contribution is 7.46. The largest absolute Gasteiger partial charge is 0.469 e.